The minimum Gasteiger partial charge on any atom is -0.481 e. The van der Waals surface area contributed by atoms with Gasteiger partial charge in [-0.05, 0) is 6.42 Å². The van der Waals surface area contributed by atoms with Gasteiger partial charge in [0.15, 0.2) is 0 Å². The molecule has 1 fully saturated rings. The molecule has 1 aliphatic heterocycles. The van der Waals surface area contributed by atoms with Crippen molar-refractivity contribution in [1.29, 1.82) is 0 Å². The average molecular weight is 175 g/mol. The van der Waals surface area contributed by atoms with Gasteiger partial charge in [0.1, 0.15) is 0 Å². The molecular weight excluding hydrogens is 162 g/mol. The largest absolute Gasteiger partial charge is 0.481 e. The number of carboxylic acid groups (broad SMARTS) is 1. The van der Waals surface area contributed by atoms with Crippen LogP contribution in [0.4, 0.5) is 0 Å². The van der Waals surface area contributed by atoms with E-state index in [1.54, 1.807) is 0 Å². The fourth-order valence-electron chi connectivity index (χ4n) is 1.09. The van der Waals surface area contributed by atoms with E-state index < -0.39 is 5.97 Å². The van der Waals surface area contributed by atoms with Crippen LogP contribution < -0.4 is 5.32 Å². The number of carboxylic acids is 1. The second-order valence-corrected chi connectivity index (χ2v) is 4.04. The van der Waals surface area contributed by atoms with Gasteiger partial charge in [-0.1, -0.05) is 0 Å². The summed E-state index contributed by atoms with van der Waals surface area (Å²) in [4.78, 5) is 10.2. The molecule has 64 valence electrons. The normalized spacial score (nSPS) is 24.9. The van der Waals surface area contributed by atoms with Crippen LogP contribution in [0.5, 0.6) is 0 Å². The second kappa shape index (κ2) is 4.62. The van der Waals surface area contributed by atoms with Crippen LogP contribution in [0.1, 0.15) is 12.8 Å². The maximum Gasteiger partial charge on any atom is 0.303 e. The molecule has 1 rings (SSSR count). The van der Waals surface area contributed by atoms with E-state index in [1.165, 1.54) is 0 Å². The van der Waals surface area contributed by atoms with Crippen molar-refractivity contribution < 1.29 is 9.90 Å². The van der Waals surface area contributed by atoms with Crippen LogP contribution in [0.25, 0.3) is 0 Å². The Labute approximate surface area is 70.6 Å². The second-order valence-electron chi connectivity index (χ2n) is 2.63. The summed E-state index contributed by atoms with van der Waals surface area (Å²) in [6, 6.07) is 0. The first-order chi connectivity index (χ1) is 5.29. The highest BCUT2D eigenvalue weighted by molar-refractivity contribution is 8.00. The van der Waals surface area contributed by atoms with Gasteiger partial charge in [-0.15, -0.1) is 0 Å². The standard InChI is InChI=1S/C7H13NO2S/c9-7(10)2-1-6-5-8-3-4-11-6/h6,8H,1-5H2,(H,9,10). The monoisotopic (exact) mass is 175 g/mol. The highest BCUT2D eigenvalue weighted by Gasteiger charge is 2.13. The molecule has 0 radical (unpaired) electrons. The van der Waals surface area contributed by atoms with Gasteiger partial charge >= 0.3 is 5.97 Å². The van der Waals surface area contributed by atoms with Gasteiger partial charge in [0.2, 0.25) is 0 Å². The van der Waals surface area contributed by atoms with Gasteiger partial charge in [-0.2, -0.15) is 11.8 Å². The van der Waals surface area contributed by atoms with Crippen LogP contribution in [-0.2, 0) is 4.79 Å². The average Bonchev–Trinajstić information content (AvgIpc) is 2.03. The van der Waals surface area contributed by atoms with Gasteiger partial charge in [-0.25, -0.2) is 0 Å². The van der Waals surface area contributed by atoms with E-state index in [9.17, 15) is 4.79 Å². The molecule has 1 heterocycles. The summed E-state index contributed by atoms with van der Waals surface area (Å²) in [5, 5.41) is 12.2. The highest BCUT2D eigenvalue weighted by Crippen LogP contribution is 2.17. The van der Waals surface area contributed by atoms with Crippen LogP contribution >= 0.6 is 11.8 Å². The number of thioether (sulfide) groups is 1. The molecule has 0 bridgehead atoms. The Balaban J connectivity index is 2.09. The Hall–Kier alpha value is -0.220. The smallest absolute Gasteiger partial charge is 0.303 e. The summed E-state index contributed by atoms with van der Waals surface area (Å²) in [6.45, 7) is 2.03. The van der Waals surface area contributed by atoms with Crippen LogP contribution in [0.15, 0.2) is 0 Å². The highest BCUT2D eigenvalue weighted by atomic mass is 32.2. The van der Waals surface area contributed by atoms with Crippen molar-refractivity contribution in [3.05, 3.63) is 0 Å². The number of nitrogens with one attached hydrogen (secondary N) is 1. The first-order valence-electron chi connectivity index (χ1n) is 3.83. The van der Waals surface area contributed by atoms with E-state index in [1.807, 2.05) is 11.8 Å². The Bertz CT molecular complexity index is 134. The van der Waals surface area contributed by atoms with Gasteiger partial charge in [0, 0.05) is 30.5 Å². The van der Waals surface area contributed by atoms with Crippen molar-refractivity contribution in [2.75, 3.05) is 18.8 Å². The molecule has 0 saturated carbocycles. The maximum absolute atomic E-state index is 10.2. The molecule has 1 atom stereocenters. The van der Waals surface area contributed by atoms with Crippen molar-refractivity contribution in [2.45, 2.75) is 18.1 Å². The van der Waals surface area contributed by atoms with E-state index >= 15 is 0 Å². The van der Waals surface area contributed by atoms with Crippen molar-refractivity contribution >= 4 is 17.7 Å². The lowest BCUT2D eigenvalue weighted by Crippen LogP contribution is -2.32. The van der Waals surface area contributed by atoms with Gasteiger partial charge < -0.3 is 10.4 Å². The lowest BCUT2D eigenvalue weighted by atomic mass is 10.2. The molecule has 2 N–H and O–H groups in total. The Kier molecular flexibility index (Phi) is 3.72. The predicted molar refractivity (Wildman–Crippen MR) is 46.0 cm³/mol. The van der Waals surface area contributed by atoms with Crippen LogP contribution in [0, 0.1) is 0 Å². The molecule has 4 heteroatoms. The third-order valence-electron chi connectivity index (χ3n) is 1.68. The van der Waals surface area contributed by atoms with Gasteiger partial charge in [0.25, 0.3) is 0 Å². The third kappa shape index (κ3) is 3.62. The lowest BCUT2D eigenvalue weighted by Gasteiger charge is -2.21. The summed E-state index contributed by atoms with van der Waals surface area (Å²) in [6.07, 6.45) is 1.10. The van der Waals surface area contributed by atoms with E-state index in [2.05, 4.69) is 5.32 Å². The first kappa shape index (κ1) is 8.87. The number of aliphatic carboxylic acids is 1. The molecule has 1 saturated heterocycles. The van der Waals surface area contributed by atoms with Crippen LogP contribution in [0.2, 0.25) is 0 Å². The molecule has 0 aromatic carbocycles. The number of hydrogen-bond acceptors (Lipinski definition) is 3. The molecule has 1 unspecified atom stereocenters. The van der Waals surface area contributed by atoms with Gasteiger partial charge in [-0.3, -0.25) is 4.79 Å². The number of hydrogen-bond donors (Lipinski definition) is 2. The zero-order valence-electron chi connectivity index (χ0n) is 6.38. The Morgan fingerprint density at radius 3 is 3.09 bits per heavy atom. The van der Waals surface area contributed by atoms with Crippen molar-refractivity contribution in [2.24, 2.45) is 0 Å². The van der Waals surface area contributed by atoms with Crippen molar-refractivity contribution in [3.8, 4) is 0 Å². The molecule has 1 aliphatic rings. The zero-order valence-corrected chi connectivity index (χ0v) is 7.19. The molecule has 0 aliphatic carbocycles. The topological polar surface area (TPSA) is 49.3 Å². The first-order valence-corrected chi connectivity index (χ1v) is 4.88. The number of carbonyl (C=O) groups is 1. The Morgan fingerprint density at radius 2 is 2.55 bits per heavy atom. The van der Waals surface area contributed by atoms with E-state index in [0.717, 1.165) is 25.3 Å². The fourth-order valence-corrected chi connectivity index (χ4v) is 2.21. The van der Waals surface area contributed by atoms with Crippen LogP contribution in [-0.4, -0.2) is 35.2 Å². The molecule has 0 spiro atoms. The fraction of sp³-hybridized carbons (Fsp3) is 0.857. The van der Waals surface area contributed by atoms with Crippen molar-refractivity contribution in [3.63, 3.8) is 0 Å². The maximum atomic E-state index is 10.2. The molecule has 0 amide bonds. The van der Waals surface area contributed by atoms with E-state index in [-0.39, 0.29) is 0 Å². The van der Waals surface area contributed by atoms with E-state index in [0.29, 0.717) is 11.7 Å². The summed E-state index contributed by atoms with van der Waals surface area (Å²) in [7, 11) is 0. The molecule has 11 heavy (non-hydrogen) atoms. The third-order valence-corrected chi connectivity index (χ3v) is 3.00. The summed E-state index contributed by atoms with van der Waals surface area (Å²) >= 11 is 1.88. The quantitative estimate of drug-likeness (QED) is 0.658. The summed E-state index contributed by atoms with van der Waals surface area (Å²) in [5.41, 5.74) is 0. The zero-order chi connectivity index (χ0) is 8.10. The SMILES string of the molecule is O=C(O)CCC1CNCCS1. The van der Waals surface area contributed by atoms with E-state index in [4.69, 9.17) is 5.11 Å². The Morgan fingerprint density at radius 1 is 1.73 bits per heavy atom. The van der Waals surface area contributed by atoms with Crippen LogP contribution in [0.3, 0.4) is 0 Å². The predicted octanol–water partition coefficient (Wildman–Crippen LogP) is 0.556. The minimum atomic E-state index is -0.684. The summed E-state index contributed by atoms with van der Waals surface area (Å²) in [5.74, 6) is 0.431. The molecule has 0 aromatic rings. The minimum absolute atomic E-state index is 0.305. The van der Waals surface area contributed by atoms with Crippen molar-refractivity contribution in [1.82, 2.24) is 5.32 Å². The number of rotatable bonds is 3. The molecule has 0 aromatic heterocycles. The van der Waals surface area contributed by atoms with Gasteiger partial charge in [0.05, 0.1) is 0 Å². The summed E-state index contributed by atoms with van der Waals surface area (Å²) < 4.78 is 0. The lowest BCUT2D eigenvalue weighted by molar-refractivity contribution is -0.137. The molecule has 3 nitrogen and oxygen atoms in total. The molecular formula is C7H13NO2S.